The molecule has 0 N–H and O–H groups in total. The third-order valence-electron chi connectivity index (χ3n) is 9.20. The number of ether oxygens (including phenoxy) is 1. The van der Waals surface area contributed by atoms with Crippen molar-refractivity contribution in [3.05, 3.63) is 0 Å². The van der Waals surface area contributed by atoms with Crippen LogP contribution in [0.5, 0.6) is 0 Å². The minimum Gasteiger partial charge on any atom is -0.380 e. The number of Topliss-reactive ketones (excluding diaryl/α,β-unsaturated/α-hetero) is 1. The third kappa shape index (κ3) is 6.09. The monoisotopic (exact) mass is 419 g/mol. The van der Waals surface area contributed by atoms with E-state index in [9.17, 15) is 4.79 Å². The van der Waals surface area contributed by atoms with Gasteiger partial charge in [-0.25, -0.2) is 0 Å². The van der Waals surface area contributed by atoms with Gasteiger partial charge in [0.2, 0.25) is 0 Å². The average Bonchev–Trinajstić information content (AvgIpc) is 3.03. The van der Waals surface area contributed by atoms with E-state index in [0.717, 1.165) is 56.3 Å². The fourth-order valence-electron chi connectivity index (χ4n) is 7.26. The highest BCUT2D eigenvalue weighted by Crippen LogP contribution is 2.56. The van der Waals surface area contributed by atoms with Gasteiger partial charge in [0.05, 0.1) is 6.61 Å². The van der Waals surface area contributed by atoms with E-state index in [1.165, 1.54) is 70.6 Å². The topological polar surface area (TPSA) is 29.5 Å². The van der Waals surface area contributed by atoms with E-state index in [-0.39, 0.29) is 5.41 Å². The van der Waals surface area contributed by atoms with Crippen molar-refractivity contribution in [3.8, 4) is 0 Å². The predicted octanol–water partition coefficient (Wildman–Crippen LogP) is 6.35. The summed E-state index contributed by atoms with van der Waals surface area (Å²) in [6.45, 7) is 7.51. The first-order valence-corrected chi connectivity index (χ1v) is 13.2. The summed E-state index contributed by atoms with van der Waals surface area (Å²) in [7, 11) is 4.21. The first-order valence-electron chi connectivity index (χ1n) is 13.2. The van der Waals surface area contributed by atoms with Gasteiger partial charge in [0.15, 0.2) is 0 Å². The maximum absolute atomic E-state index is 12.6. The van der Waals surface area contributed by atoms with Crippen LogP contribution >= 0.6 is 0 Å². The van der Waals surface area contributed by atoms with Crippen molar-refractivity contribution < 1.29 is 9.53 Å². The lowest BCUT2D eigenvalue weighted by molar-refractivity contribution is -0.130. The molecule has 174 valence electrons. The van der Waals surface area contributed by atoms with E-state index < -0.39 is 0 Å². The van der Waals surface area contributed by atoms with Gasteiger partial charge in [0.25, 0.3) is 0 Å². The fourth-order valence-corrected chi connectivity index (χ4v) is 7.26. The molecule has 0 bridgehead atoms. The van der Waals surface area contributed by atoms with E-state index in [2.05, 4.69) is 32.8 Å². The lowest BCUT2D eigenvalue weighted by Crippen LogP contribution is -2.41. The summed E-state index contributed by atoms with van der Waals surface area (Å²) >= 11 is 0. The quantitative estimate of drug-likeness (QED) is 0.365. The molecule has 0 aromatic rings. The molecular formula is C27H49NO2. The van der Waals surface area contributed by atoms with Crippen molar-refractivity contribution in [1.29, 1.82) is 0 Å². The Morgan fingerprint density at radius 3 is 2.53 bits per heavy atom. The molecule has 3 heteroatoms. The van der Waals surface area contributed by atoms with Crippen LogP contribution in [0, 0.1) is 35.0 Å². The molecule has 0 radical (unpaired) electrons. The van der Waals surface area contributed by atoms with Gasteiger partial charge in [0.1, 0.15) is 5.78 Å². The van der Waals surface area contributed by atoms with Crippen LogP contribution in [0.25, 0.3) is 0 Å². The first-order chi connectivity index (χ1) is 14.4. The molecule has 0 heterocycles. The molecule has 3 nitrogen and oxygen atoms in total. The van der Waals surface area contributed by atoms with Gasteiger partial charge in [-0.05, 0) is 88.6 Å². The molecule has 3 fully saturated rings. The molecule has 0 aromatic heterocycles. The van der Waals surface area contributed by atoms with Gasteiger partial charge in [-0.2, -0.15) is 0 Å². The van der Waals surface area contributed by atoms with Crippen LogP contribution in [0.3, 0.4) is 0 Å². The van der Waals surface area contributed by atoms with Gasteiger partial charge in [0, 0.05) is 25.0 Å². The summed E-state index contributed by atoms with van der Waals surface area (Å²) in [5.74, 6) is 4.80. The maximum atomic E-state index is 12.6. The number of ketones is 1. The van der Waals surface area contributed by atoms with Crippen molar-refractivity contribution >= 4 is 5.78 Å². The summed E-state index contributed by atoms with van der Waals surface area (Å²) in [5, 5.41) is 0. The van der Waals surface area contributed by atoms with Crippen LogP contribution < -0.4 is 0 Å². The van der Waals surface area contributed by atoms with Crippen molar-refractivity contribution in [2.45, 2.75) is 97.3 Å². The van der Waals surface area contributed by atoms with Gasteiger partial charge in [-0.1, -0.05) is 46.0 Å². The van der Waals surface area contributed by atoms with E-state index in [4.69, 9.17) is 4.74 Å². The Hall–Kier alpha value is -0.410. The minimum absolute atomic E-state index is 0.0258. The molecule has 6 atom stereocenters. The highest BCUT2D eigenvalue weighted by Gasteiger charge is 2.52. The number of likely N-dealkylation sites (N-methyl/N-ethyl adjacent to an activating group) is 1. The highest BCUT2D eigenvalue weighted by molar-refractivity contribution is 5.87. The second-order valence-corrected chi connectivity index (χ2v) is 11.4. The number of hydrogen-bond acceptors (Lipinski definition) is 3. The third-order valence-corrected chi connectivity index (χ3v) is 9.20. The van der Waals surface area contributed by atoms with Crippen LogP contribution in [0.2, 0.25) is 0 Å². The number of fused-ring (bicyclic) bond motifs is 1. The van der Waals surface area contributed by atoms with Crippen LogP contribution in [0.15, 0.2) is 0 Å². The van der Waals surface area contributed by atoms with Crippen LogP contribution in [-0.4, -0.2) is 44.5 Å². The minimum atomic E-state index is 0.0258. The Morgan fingerprint density at radius 2 is 1.80 bits per heavy atom. The van der Waals surface area contributed by atoms with Crippen molar-refractivity contribution in [2.24, 2.45) is 35.0 Å². The Labute approximate surface area is 186 Å². The van der Waals surface area contributed by atoms with Crippen LogP contribution in [0.4, 0.5) is 0 Å². The molecule has 0 spiro atoms. The zero-order chi connectivity index (χ0) is 21.6. The van der Waals surface area contributed by atoms with Crippen molar-refractivity contribution in [2.75, 3.05) is 33.9 Å². The summed E-state index contributed by atoms with van der Waals surface area (Å²) < 4.78 is 5.80. The normalized spacial score (nSPS) is 37.0. The summed E-state index contributed by atoms with van der Waals surface area (Å²) in [6, 6.07) is 0. The lowest BCUT2D eigenvalue weighted by atomic mass is 9.58. The van der Waals surface area contributed by atoms with Gasteiger partial charge in [-0.3, -0.25) is 4.79 Å². The van der Waals surface area contributed by atoms with Gasteiger partial charge < -0.3 is 9.64 Å². The van der Waals surface area contributed by atoms with Crippen LogP contribution in [0.1, 0.15) is 97.3 Å². The van der Waals surface area contributed by atoms with Crippen molar-refractivity contribution in [1.82, 2.24) is 4.90 Å². The Morgan fingerprint density at radius 1 is 1.03 bits per heavy atom. The molecule has 0 amide bonds. The number of carbonyl (C=O) groups excluding carboxylic acids is 1. The molecular weight excluding hydrogens is 370 g/mol. The van der Waals surface area contributed by atoms with E-state index >= 15 is 0 Å². The molecule has 3 aliphatic carbocycles. The fraction of sp³-hybridized carbons (Fsp3) is 0.963. The largest absolute Gasteiger partial charge is 0.380 e. The first kappa shape index (κ1) is 24.2. The summed E-state index contributed by atoms with van der Waals surface area (Å²) in [5.41, 5.74) is 0.0258. The standard InChI is InChI=1S/C27H49NO2/c1-5-23-15-16-27(2)25(13-14-26(27)29)24(23)12-11-22-9-6-8-21(20-22)10-7-18-30-19-17-28(3)4/h21-25H,5-20H2,1-4H3. The number of hydrogen-bond donors (Lipinski definition) is 0. The molecule has 3 saturated carbocycles. The van der Waals surface area contributed by atoms with Crippen molar-refractivity contribution in [3.63, 3.8) is 0 Å². The number of carbonyl (C=O) groups is 1. The maximum Gasteiger partial charge on any atom is 0.139 e. The molecule has 0 aliphatic heterocycles. The summed E-state index contributed by atoms with van der Waals surface area (Å²) in [6.07, 6.45) is 16.9. The van der Waals surface area contributed by atoms with Gasteiger partial charge in [-0.15, -0.1) is 0 Å². The Balaban J connectivity index is 1.41. The van der Waals surface area contributed by atoms with E-state index in [0.29, 0.717) is 11.7 Å². The molecule has 3 rings (SSSR count). The summed E-state index contributed by atoms with van der Waals surface area (Å²) in [4.78, 5) is 14.8. The molecule has 3 aliphatic rings. The zero-order valence-corrected chi connectivity index (χ0v) is 20.5. The average molecular weight is 420 g/mol. The Bertz CT molecular complexity index is 533. The molecule has 0 saturated heterocycles. The molecule has 6 unspecified atom stereocenters. The zero-order valence-electron chi connectivity index (χ0n) is 20.5. The highest BCUT2D eigenvalue weighted by atomic mass is 16.5. The lowest BCUT2D eigenvalue weighted by Gasteiger charge is -2.46. The predicted molar refractivity (Wildman–Crippen MR) is 126 cm³/mol. The SMILES string of the molecule is CCC1CCC2(C)C(=O)CCC2C1CCC1CCCC(CCCOCCN(C)C)C1. The molecule has 0 aromatic carbocycles. The second kappa shape index (κ2) is 11.5. The number of rotatable bonds is 11. The van der Waals surface area contributed by atoms with Gasteiger partial charge >= 0.3 is 0 Å². The van der Waals surface area contributed by atoms with Crippen LogP contribution in [-0.2, 0) is 9.53 Å². The van der Waals surface area contributed by atoms with E-state index in [1.807, 2.05) is 0 Å². The number of nitrogens with zero attached hydrogens (tertiary/aromatic N) is 1. The van der Waals surface area contributed by atoms with E-state index in [1.54, 1.807) is 0 Å². The Kier molecular flexibility index (Phi) is 9.25. The second-order valence-electron chi connectivity index (χ2n) is 11.4. The smallest absolute Gasteiger partial charge is 0.139 e. The molecule has 30 heavy (non-hydrogen) atoms.